The molecule has 0 aromatic heterocycles. The van der Waals surface area contributed by atoms with Crippen LogP contribution in [0, 0.1) is 0 Å². The topological polar surface area (TPSA) is 95.9 Å². The molecule has 0 bridgehead atoms. The summed E-state index contributed by atoms with van der Waals surface area (Å²) < 4.78 is 4.89. The molecule has 7 heteroatoms. The fraction of sp³-hybridized carbons (Fsp3) is 0.400. The second-order valence-electron chi connectivity index (χ2n) is 4.72. The summed E-state index contributed by atoms with van der Waals surface area (Å²) in [7, 11) is 1.49. The average molecular weight is 308 g/mol. The molecule has 1 aromatic rings. The molecule has 120 valence electrons. The van der Waals surface area contributed by atoms with Crippen molar-refractivity contribution in [3.8, 4) is 0 Å². The molecular weight excluding hydrogens is 288 g/mol. The smallest absolute Gasteiger partial charge is 0.323 e. The molecule has 0 saturated heterocycles. The maximum Gasteiger partial charge on any atom is 0.323 e. The summed E-state index contributed by atoms with van der Waals surface area (Å²) in [5.41, 5.74) is 1.25. The first kappa shape index (κ1) is 17.6. The number of hydrogen-bond donors (Lipinski definition) is 2. The Morgan fingerprint density at radius 2 is 1.86 bits per heavy atom. The third-order valence-electron chi connectivity index (χ3n) is 2.92. The van der Waals surface area contributed by atoms with Gasteiger partial charge in [-0.15, -0.1) is 0 Å². The number of nitrogens with one attached hydrogen (secondary N) is 1. The minimum Gasteiger partial charge on any atom is -0.480 e. The Labute approximate surface area is 128 Å². The summed E-state index contributed by atoms with van der Waals surface area (Å²) in [5.74, 6) is -1.58. The van der Waals surface area contributed by atoms with E-state index in [0.29, 0.717) is 12.1 Å². The molecule has 0 aliphatic heterocycles. The van der Waals surface area contributed by atoms with Crippen molar-refractivity contribution in [2.75, 3.05) is 26.8 Å². The lowest BCUT2D eigenvalue weighted by molar-refractivity contribution is -0.137. The maximum absolute atomic E-state index is 12.3. The zero-order valence-electron chi connectivity index (χ0n) is 12.7. The van der Waals surface area contributed by atoms with Gasteiger partial charge in [0, 0.05) is 32.7 Å². The third-order valence-corrected chi connectivity index (χ3v) is 2.92. The molecule has 0 saturated carbocycles. The van der Waals surface area contributed by atoms with E-state index in [9.17, 15) is 14.4 Å². The molecule has 0 fully saturated rings. The Balaban J connectivity index is 2.75. The average Bonchev–Trinajstić information content (AvgIpc) is 2.48. The van der Waals surface area contributed by atoms with E-state index in [1.165, 1.54) is 18.9 Å². The lowest BCUT2D eigenvalue weighted by atomic mass is 10.1. The first-order valence-corrected chi connectivity index (χ1v) is 6.77. The van der Waals surface area contributed by atoms with Crippen LogP contribution in [-0.2, 0) is 20.9 Å². The quantitative estimate of drug-likeness (QED) is 0.729. The zero-order chi connectivity index (χ0) is 16.5. The highest BCUT2D eigenvalue weighted by Gasteiger charge is 2.18. The molecule has 0 aliphatic carbocycles. The number of nitrogens with zero attached hydrogens (tertiary/aromatic N) is 1. The molecular formula is C15H20N2O5. The van der Waals surface area contributed by atoms with Crippen molar-refractivity contribution in [3.63, 3.8) is 0 Å². The number of benzene rings is 1. The zero-order valence-corrected chi connectivity index (χ0v) is 12.7. The molecule has 7 nitrogen and oxygen atoms in total. The van der Waals surface area contributed by atoms with Crippen molar-refractivity contribution in [2.24, 2.45) is 0 Å². The van der Waals surface area contributed by atoms with Crippen LogP contribution in [0.4, 0.5) is 0 Å². The standard InChI is InChI=1S/C15H20N2O5/c1-11(18)16-9-12-3-5-13(6-4-12)15(21)17(7-8-22-2)10-14(19)20/h3-6H,7-10H2,1-2H3,(H,16,18)(H,19,20). The van der Waals surface area contributed by atoms with Crippen LogP contribution in [0.25, 0.3) is 0 Å². The Hall–Kier alpha value is -2.41. The minimum atomic E-state index is -1.08. The van der Waals surface area contributed by atoms with Crippen molar-refractivity contribution in [2.45, 2.75) is 13.5 Å². The summed E-state index contributed by atoms with van der Waals surface area (Å²) >= 11 is 0. The molecule has 0 aliphatic rings. The number of rotatable bonds is 8. The van der Waals surface area contributed by atoms with E-state index < -0.39 is 5.97 Å². The van der Waals surface area contributed by atoms with E-state index >= 15 is 0 Å². The number of hydrogen-bond acceptors (Lipinski definition) is 4. The Morgan fingerprint density at radius 3 is 2.36 bits per heavy atom. The number of carbonyl (C=O) groups is 3. The molecule has 0 unspecified atom stereocenters. The van der Waals surface area contributed by atoms with Crippen molar-refractivity contribution in [1.82, 2.24) is 10.2 Å². The van der Waals surface area contributed by atoms with E-state index in [2.05, 4.69) is 5.32 Å². The first-order chi connectivity index (χ1) is 10.4. The van der Waals surface area contributed by atoms with E-state index in [-0.39, 0.29) is 31.5 Å². The fourth-order valence-electron chi connectivity index (χ4n) is 1.79. The monoisotopic (exact) mass is 308 g/mol. The lowest BCUT2D eigenvalue weighted by Crippen LogP contribution is -2.38. The SMILES string of the molecule is COCCN(CC(=O)O)C(=O)c1ccc(CNC(C)=O)cc1. The van der Waals surface area contributed by atoms with E-state index in [1.54, 1.807) is 24.3 Å². The Morgan fingerprint density at radius 1 is 1.23 bits per heavy atom. The summed E-state index contributed by atoms with van der Waals surface area (Å²) in [4.78, 5) is 35.2. The highest BCUT2D eigenvalue weighted by atomic mass is 16.5. The van der Waals surface area contributed by atoms with Gasteiger partial charge in [0.25, 0.3) is 5.91 Å². The van der Waals surface area contributed by atoms with Gasteiger partial charge in [-0.05, 0) is 17.7 Å². The van der Waals surface area contributed by atoms with Crippen LogP contribution in [0.2, 0.25) is 0 Å². The normalized spacial score (nSPS) is 10.1. The van der Waals surface area contributed by atoms with Crippen LogP contribution in [0.5, 0.6) is 0 Å². The Bertz CT molecular complexity index is 527. The molecule has 1 aromatic carbocycles. The van der Waals surface area contributed by atoms with Crippen LogP contribution in [0.15, 0.2) is 24.3 Å². The number of amides is 2. The van der Waals surface area contributed by atoms with E-state index in [1.807, 2.05) is 0 Å². The van der Waals surface area contributed by atoms with Gasteiger partial charge in [-0.25, -0.2) is 0 Å². The summed E-state index contributed by atoms with van der Waals surface area (Å²) in [6.45, 7) is 1.90. The largest absolute Gasteiger partial charge is 0.480 e. The molecule has 0 heterocycles. The second kappa shape index (κ2) is 8.78. The van der Waals surface area contributed by atoms with E-state index in [4.69, 9.17) is 9.84 Å². The van der Waals surface area contributed by atoms with Gasteiger partial charge in [0.1, 0.15) is 6.54 Å². The number of ether oxygens (including phenoxy) is 1. The molecule has 2 N–H and O–H groups in total. The third kappa shape index (κ3) is 5.92. The van der Waals surface area contributed by atoms with Crippen molar-refractivity contribution in [3.05, 3.63) is 35.4 Å². The first-order valence-electron chi connectivity index (χ1n) is 6.77. The van der Waals surface area contributed by atoms with E-state index in [0.717, 1.165) is 5.56 Å². The Kier molecular flexibility index (Phi) is 7.04. The van der Waals surface area contributed by atoms with Gasteiger partial charge in [0.05, 0.1) is 6.61 Å². The van der Waals surface area contributed by atoms with Gasteiger partial charge in [-0.1, -0.05) is 12.1 Å². The van der Waals surface area contributed by atoms with Gasteiger partial charge < -0.3 is 20.1 Å². The number of carboxylic acid groups (broad SMARTS) is 1. The van der Waals surface area contributed by atoms with Crippen LogP contribution in [0.3, 0.4) is 0 Å². The molecule has 2 amide bonds. The van der Waals surface area contributed by atoms with Crippen LogP contribution < -0.4 is 5.32 Å². The van der Waals surface area contributed by atoms with Crippen LogP contribution >= 0.6 is 0 Å². The highest BCUT2D eigenvalue weighted by molar-refractivity contribution is 5.95. The van der Waals surface area contributed by atoms with Crippen molar-refractivity contribution in [1.29, 1.82) is 0 Å². The molecule has 0 radical (unpaired) electrons. The predicted molar refractivity (Wildman–Crippen MR) is 79.4 cm³/mol. The van der Waals surface area contributed by atoms with Gasteiger partial charge in [-0.2, -0.15) is 0 Å². The molecule has 0 spiro atoms. The van der Waals surface area contributed by atoms with Gasteiger partial charge in [-0.3, -0.25) is 14.4 Å². The predicted octanol–water partition coefficient (Wildman–Crippen LogP) is 0.496. The number of carbonyl (C=O) groups excluding carboxylic acids is 2. The van der Waals surface area contributed by atoms with Gasteiger partial charge in [0.2, 0.25) is 5.91 Å². The number of methoxy groups -OCH3 is 1. The van der Waals surface area contributed by atoms with Gasteiger partial charge >= 0.3 is 5.97 Å². The summed E-state index contributed by atoms with van der Waals surface area (Å²) in [6, 6.07) is 6.67. The maximum atomic E-state index is 12.3. The summed E-state index contributed by atoms with van der Waals surface area (Å²) in [5, 5.41) is 11.5. The molecule has 1 rings (SSSR count). The fourth-order valence-corrected chi connectivity index (χ4v) is 1.79. The second-order valence-corrected chi connectivity index (χ2v) is 4.72. The van der Waals surface area contributed by atoms with Crippen molar-refractivity contribution >= 4 is 17.8 Å². The molecule has 22 heavy (non-hydrogen) atoms. The summed E-state index contributed by atoms with van der Waals surface area (Å²) in [6.07, 6.45) is 0. The molecule has 0 atom stereocenters. The number of carboxylic acids is 1. The minimum absolute atomic E-state index is 0.132. The van der Waals surface area contributed by atoms with Crippen LogP contribution in [0.1, 0.15) is 22.8 Å². The lowest BCUT2D eigenvalue weighted by Gasteiger charge is -2.20. The highest BCUT2D eigenvalue weighted by Crippen LogP contribution is 2.08. The van der Waals surface area contributed by atoms with Gasteiger partial charge in [0.15, 0.2) is 0 Å². The number of aliphatic carboxylic acids is 1. The van der Waals surface area contributed by atoms with Crippen LogP contribution in [-0.4, -0.2) is 54.6 Å². The van der Waals surface area contributed by atoms with Crippen molar-refractivity contribution < 1.29 is 24.2 Å².